The highest BCUT2D eigenvalue weighted by Crippen LogP contribution is 2.31. The fourth-order valence-electron chi connectivity index (χ4n) is 2.58. The van der Waals surface area contributed by atoms with Crippen molar-refractivity contribution in [3.63, 3.8) is 0 Å². The summed E-state index contributed by atoms with van der Waals surface area (Å²) in [5, 5.41) is 4.21. The Bertz CT molecular complexity index is 696. The van der Waals surface area contributed by atoms with E-state index < -0.39 is 6.10 Å². The third kappa shape index (κ3) is 2.66. The topological polar surface area (TPSA) is 105 Å². The Morgan fingerprint density at radius 2 is 2.41 bits per heavy atom. The monoisotopic (exact) mass is 369 g/mol. The molecule has 2 atom stereocenters. The third-order valence-corrected chi connectivity index (χ3v) is 4.19. The van der Waals surface area contributed by atoms with Crippen LogP contribution >= 0.6 is 15.9 Å². The van der Waals surface area contributed by atoms with Crippen molar-refractivity contribution in [2.75, 3.05) is 18.9 Å². The second-order valence-electron chi connectivity index (χ2n) is 5.01. The first-order valence-electron chi connectivity index (χ1n) is 7.04. The SMILES string of the molecule is CCOC(=O)C1CCC(c2nc(Br)c3c(N)ncnn23)CO1. The number of fused-ring (bicyclic) bond motifs is 1. The molecule has 0 radical (unpaired) electrons. The molecule has 2 aromatic heterocycles. The van der Waals surface area contributed by atoms with E-state index in [1.807, 2.05) is 0 Å². The van der Waals surface area contributed by atoms with Gasteiger partial charge in [-0.1, -0.05) is 0 Å². The van der Waals surface area contributed by atoms with Gasteiger partial charge >= 0.3 is 5.97 Å². The number of carbonyl (C=O) groups excluding carboxylic acids is 1. The molecule has 0 aliphatic carbocycles. The fourth-order valence-corrected chi connectivity index (χ4v) is 3.13. The molecule has 2 unspecified atom stereocenters. The largest absolute Gasteiger partial charge is 0.464 e. The minimum absolute atomic E-state index is 0.0405. The first-order valence-corrected chi connectivity index (χ1v) is 7.84. The van der Waals surface area contributed by atoms with Crippen LogP contribution in [-0.2, 0) is 14.3 Å². The Balaban J connectivity index is 1.80. The molecule has 1 fully saturated rings. The zero-order chi connectivity index (χ0) is 15.7. The lowest BCUT2D eigenvalue weighted by molar-refractivity contribution is -0.160. The molecule has 8 nitrogen and oxygen atoms in total. The van der Waals surface area contributed by atoms with Gasteiger partial charge in [0, 0.05) is 5.92 Å². The molecule has 0 aromatic carbocycles. The molecule has 22 heavy (non-hydrogen) atoms. The number of esters is 1. The van der Waals surface area contributed by atoms with E-state index in [0.717, 1.165) is 12.2 Å². The van der Waals surface area contributed by atoms with E-state index in [-0.39, 0.29) is 11.9 Å². The summed E-state index contributed by atoms with van der Waals surface area (Å²) >= 11 is 3.38. The van der Waals surface area contributed by atoms with Crippen molar-refractivity contribution in [1.82, 2.24) is 19.6 Å². The number of nitrogens with zero attached hydrogens (tertiary/aromatic N) is 4. The van der Waals surface area contributed by atoms with E-state index in [2.05, 4.69) is 31.0 Å². The molecule has 2 N–H and O–H groups in total. The fraction of sp³-hybridized carbons (Fsp3) is 0.538. The number of nitrogens with two attached hydrogens (primary N) is 1. The van der Waals surface area contributed by atoms with Crippen LogP contribution in [0.2, 0.25) is 0 Å². The van der Waals surface area contributed by atoms with E-state index in [1.165, 1.54) is 6.33 Å². The number of nitrogen functional groups attached to an aromatic ring is 1. The van der Waals surface area contributed by atoms with E-state index in [1.54, 1.807) is 11.4 Å². The van der Waals surface area contributed by atoms with Crippen LogP contribution in [-0.4, -0.2) is 44.9 Å². The highest BCUT2D eigenvalue weighted by molar-refractivity contribution is 9.10. The average molecular weight is 370 g/mol. The standard InChI is InChI=1S/C13H16BrN5O3/c1-2-21-13(20)8-4-3-7(5-22-8)12-18-10(14)9-11(15)16-6-17-19(9)12/h6-8H,2-5H2,1H3,(H2,15,16,17). The normalized spacial score (nSPS) is 21.9. The summed E-state index contributed by atoms with van der Waals surface area (Å²) in [5.74, 6) is 0.848. The van der Waals surface area contributed by atoms with Crippen LogP contribution < -0.4 is 5.73 Å². The Hall–Kier alpha value is -1.74. The predicted molar refractivity (Wildman–Crippen MR) is 81.2 cm³/mol. The lowest BCUT2D eigenvalue weighted by Crippen LogP contribution is -2.33. The summed E-state index contributed by atoms with van der Waals surface area (Å²) in [7, 11) is 0. The van der Waals surface area contributed by atoms with Gasteiger partial charge in [0.15, 0.2) is 11.9 Å². The maximum Gasteiger partial charge on any atom is 0.335 e. The van der Waals surface area contributed by atoms with Gasteiger partial charge in [-0.25, -0.2) is 19.3 Å². The summed E-state index contributed by atoms with van der Waals surface area (Å²) in [4.78, 5) is 20.1. The van der Waals surface area contributed by atoms with Gasteiger partial charge in [-0.15, -0.1) is 0 Å². The van der Waals surface area contributed by atoms with Gasteiger partial charge in [-0.3, -0.25) is 0 Å². The predicted octanol–water partition coefficient (Wildman–Crippen LogP) is 1.29. The average Bonchev–Trinajstić information content (AvgIpc) is 2.86. The Kier molecular flexibility index (Phi) is 4.25. The number of carbonyl (C=O) groups is 1. The van der Waals surface area contributed by atoms with Gasteiger partial charge < -0.3 is 15.2 Å². The molecule has 3 rings (SSSR count). The smallest absolute Gasteiger partial charge is 0.335 e. The second kappa shape index (κ2) is 6.17. The molecular formula is C13H16BrN5O3. The lowest BCUT2D eigenvalue weighted by Gasteiger charge is -2.26. The molecule has 2 aromatic rings. The molecule has 0 spiro atoms. The molecule has 0 saturated carbocycles. The summed E-state index contributed by atoms with van der Waals surface area (Å²) < 4.78 is 12.9. The number of rotatable bonds is 3. The number of ether oxygens (including phenoxy) is 2. The van der Waals surface area contributed by atoms with Crippen molar-refractivity contribution in [2.45, 2.75) is 31.8 Å². The Labute approximate surface area is 135 Å². The molecule has 1 aliphatic rings. The van der Waals surface area contributed by atoms with E-state index in [4.69, 9.17) is 15.2 Å². The number of hydrogen-bond acceptors (Lipinski definition) is 7. The van der Waals surface area contributed by atoms with Crippen LogP contribution in [0.25, 0.3) is 5.52 Å². The van der Waals surface area contributed by atoms with Crippen molar-refractivity contribution in [1.29, 1.82) is 0 Å². The lowest BCUT2D eigenvalue weighted by atomic mass is 9.98. The molecule has 1 saturated heterocycles. The highest BCUT2D eigenvalue weighted by Gasteiger charge is 2.31. The van der Waals surface area contributed by atoms with Gasteiger partial charge in [0.25, 0.3) is 0 Å². The van der Waals surface area contributed by atoms with E-state index in [9.17, 15) is 4.79 Å². The van der Waals surface area contributed by atoms with Gasteiger partial charge in [0.2, 0.25) is 0 Å². The Morgan fingerprint density at radius 3 is 3.09 bits per heavy atom. The van der Waals surface area contributed by atoms with Crippen LogP contribution in [0.5, 0.6) is 0 Å². The van der Waals surface area contributed by atoms with Crippen LogP contribution in [0.1, 0.15) is 31.5 Å². The minimum Gasteiger partial charge on any atom is -0.464 e. The Morgan fingerprint density at radius 1 is 1.59 bits per heavy atom. The van der Waals surface area contributed by atoms with Crippen molar-refractivity contribution >= 4 is 33.2 Å². The molecule has 118 valence electrons. The number of hydrogen-bond donors (Lipinski definition) is 1. The van der Waals surface area contributed by atoms with E-state index in [0.29, 0.717) is 35.6 Å². The minimum atomic E-state index is -0.495. The molecule has 0 amide bonds. The van der Waals surface area contributed by atoms with Gasteiger partial charge in [-0.2, -0.15) is 5.10 Å². The van der Waals surface area contributed by atoms with Crippen LogP contribution in [0.3, 0.4) is 0 Å². The number of halogens is 1. The summed E-state index contributed by atoms with van der Waals surface area (Å²) in [5.41, 5.74) is 6.50. The van der Waals surface area contributed by atoms with Crippen LogP contribution in [0.15, 0.2) is 10.9 Å². The summed E-state index contributed by atoms with van der Waals surface area (Å²) in [6, 6.07) is 0. The number of aromatic nitrogens is 4. The molecule has 0 bridgehead atoms. The summed E-state index contributed by atoms with van der Waals surface area (Å²) in [6.45, 7) is 2.52. The molecule has 9 heteroatoms. The van der Waals surface area contributed by atoms with Gasteiger partial charge in [0.05, 0.1) is 13.2 Å². The molecule has 3 heterocycles. The zero-order valence-electron chi connectivity index (χ0n) is 12.0. The van der Waals surface area contributed by atoms with E-state index >= 15 is 0 Å². The third-order valence-electron chi connectivity index (χ3n) is 3.63. The van der Waals surface area contributed by atoms with Crippen molar-refractivity contribution in [3.8, 4) is 0 Å². The number of anilines is 1. The van der Waals surface area contributed by atoms with Gasteiger partial charge in [-0.05, 0) is 35.7 Å². The first kappa shape index (κ1) is 15.2. The van der Waals surface area contributed by atoms with Crippen molar-refractivity contribution in [3.05, 3.63) is 16.8 Å². The van der Waals surface area contributed by atoms with Crippen molar-refractivity contribution in [2.24, 2.45) is 0 Å². The van der Waals surface area contributed by atoms with Crippen LogP contribution in [0, 0.1) is 0 Å². The highest BCUT2D eigenvalue weighted by atomic mass is 79.9. The first-order chi connectivity index (χ1) is 10.6. The second-order valence-corrected chi connectivity index (χ2v) is 5.77. The van der Waals surface area contributed by atoms with Gasteiger partial charge in [0.1, 0.15) is 22.3 Å². The maximum absolute atomic E-state index is 11.7. The zero-order valence-corrected chi connectivity index (χ0v) is 13.6. The summed E-state index contributed by atoms with van der Waals surface area (Å²) in [6.07, 6.45) is 2.26. The van der Waals surface area contributed by atoms with Crippen LogP contribution in [0.4, 0.5) is 5.82 Å². The van der Waals surface area contributed by atoms with Crippen molar-refractivity contribution < 1.29 is 14.3 Å². The quantitative estimate of drug-likeness (QED) is 0.812. The maximum atomic E-state index is 11.7. The molecule has 1 aliphatic heterocycles. The molecular weight excluding hydrogens is 354 g/mol. The number of imidazole rings is 1.